The Bertz CT molecular complexity index is 760. The zero-order chi connectivity index (χ0) is 19.2. The Balaban J connectivity index is 1.46. The first-order valence-corrected chi connectivity index (χ1v) is 9.49. The van der Waals surface area contributed by atoms with Crippen LogP contribution in [0, 0.1) is 0 Å². The highest BCUT2D eigenvalue weighted by atomic mass is 16.5. The van der Waals surface area contributed by atoms with Crippen LogP contribution in [-0.2, 0) is 19.5 Å². The second kappa shape index (κ2) is 8.91. The molecule has 0 aromatic heterocycles. The smallest absolute Gasteiger partial charge is 0.317 e. The second-order valence-electron chi connectivity index (χ2n) is 7.23. The van der Waals surface area contributed by atoms with E-state index in [1.54, 1.807) is 12.0 Å². The van der Waals surface area contributed by atoms with Crippen molar-refractivity contribution in [2.75, 3.05) is 27.2 Å². The molecule has 3 rings (SSSR count). The zero-order valence-corrected chi connectivity index (χ0v) is 16.4. The first-order valence-electron chi connectivity index (χ1n) is 9.49. The van der Waals surface area contributed by atoms with Gasteiger partial charge in [0.1, 0.15) is 5.75 Å². The molecule has 1 atom stereocenters. The van der Waals surface area contributed by atoms with Crippen molar-refractivity contribution in [2.24, 2.45) is 0 Å². The number of nitrogens with one attached hydrogen (secondary N) is 1. The molecule has 0 bridgehead atoms. The Morgan fingerprint density at radius 1 is 1.19 bits per heavy atom. The van der Waals surface area contributed by atoms with Gasteiger partial charge in [0.05, 0.1) is 7.11 Å². The fraction of sp³-hybridized carbons (Fsp3) is 0.409. The molecule has 0 fully saturated rings. The number of ether oxygens (including phenoxy) is 1. The SMILES string of the molecule is COc1ccc(CN(C)C(=O)NCC(C)N2CCc3ccccc3C2)cc1. The lowest BCUT2D eigenvalue weighted by molar-refractivity contribution is 0.176. The van der Waals surface area contributed by atoms with Crippen LogP contribution in [-0.4, -0.2) is 49.1 Å². The van der Waals surface area contributed by atoms with Gasteiger partial charge in [0.2, 0.25) is 0 Å². The molecular formula is C22H29N3O2. The van der Waals surface area contributed by atoms with E-state index < -0.39 is 0 Å². The summed E-state index contributed by atoms with van der Waals surface area (Å²) in [5.41, 5.74) is 3.93. The zero-order valence-electron chi connectivity index (χ0n) is 16.4. The lowest BCUT2D eigenvalue weighted by atomic mass is 9.99. The van der Waals surface area contributed by atoms with E-state index in [0.29, 0.717) is 19.1 Å². The lowest BCUT2D eigenvalue weighted by Crippen LogP contribution is -2.46. The number of hydrogen-bond acceptors (Lipinski definition) is 3. The van der Waals surface area contributed by atoms with Crippen molar-refractivity contribution in [1.29, 1.82) is 0 Å². The van der Waals surface area contributed by atoms with Gasteiger partial charge in [0.25, 0.3) is 0 Å². The van der Waals surface area contributed by atoms with Gasteiger partial charge in [-0.2, -0.15) is 0 Å². The summed E-state index contributed by atoms with van der Waals surface area (Å²) in [5.74, 6) is 0.822. The number of rotatable bonds is 6. The van der Waals surface area contributed by atoms with Gasteiger partial charge in [-0.3, -0.25) is 4.90 Å². The van der Waals surface area contributed by atoms with Crippen molar-refractivity contribution in [3.05, 3.63) is 65.2 Å². The van der Waals surface area contributed by atoms with Gasteiger partial charge in [-0.15, -0.1) is 0 Å². The van der Waals surface area contributed by atoms with Crippen molar-refractivity contribution < 1.29 is 9.53 Å². The first-order chi connectivity index (χ1) is 13.1. The maximum atomic E-state index is 12.4. The molecule has 1 N–H and O–H groups in total. The van der Waals surface area contributed by atoms with Crippen molar-refractivity contribution >= 4 is 6.03 Å². The molecule has 0 radical (unpaired) electrons. The van der Waals surface area contributed by atoms with E-state index in [4.69, 9.17) is 4.74 Å². The summed E-state index contributed by atoms with van der Waals surface area (Å²) in [6.07, 6.45) is 1.08. The van der Waals surface area contributed by atoms with Crippen LogP contribution in [0.2, 0.25) is 0 Å². The quantitative estimate of drug-likeness (QED) is 0.852. The average molecular weight is 367 g/mol. The fourth-order valence-corrected chi connectivity index (χ4v) is 3.47. The Morgan fingerprint density at radius 3 is 2.59 bits per heavy atom. The highest BCUT2D eigenvalue weighted by Crippen LogP contribution is 2.20. The first kappa shape index (κ1) is 19.2. The molecule has 2 amide bonds. The maximum absolute atomic E-state index is 12.4. The number of carbonyl (C=O) groups excluding carboxylic acids is 1. The normalized spacial score (nSPS) is 14.9. The molecule has 5 nitrogen and oxygen atoms in total. The number of fused-ring (bicyclic) bond motifs is 1. The molecule has 0 aliphatic carbocycles. The van der Waals surface area contributed by atoms with Crippen molar-refractivity contribution in [3.8, 4) is 5.75 Å². The van der Waals surface area contributed by atoms with E-state index in [1.807, 2.05) is 31.3 Å². The molecule has 144 valence electrons. The Labute approximate surface area is 161 Å². The Hall–Kier alpha value is -2.53. The van der Waals surface area contributed by atoms with Crippen LogP contribution in [0.15, 0.2) is 48.5 Å². The number of hydrogen-bond donors (Lipinski definition) is 1. The minimum Gasteiger partial charge on any atom is -0.497 e. The summed E-state index contributed by atoms with van der Waals surface area (Å²) < 4.78 is 5.17. The maximum Gasteiger partial charge on any atom is 0.317 e. The van der Waals surface area contributed by atoms with Gasteiger partial charge in [-0.25, -0.2) is 4.79 Å². The summed E-state index contributed by atoms with van der Waals surface area (Å²) in [6.45, 7) is 5.39. The molecule has 2 aromatic rings. The number of amides is 2. The number of carbonyl (C=O) groups is 1. The summed E-state index contributed by atoms with van der Waals surface area (Å²) in [4.78, 5) is 16.6. The van der Waals surface area contributed by atoms with E-state index >= 15 is 0 Å². The van der Waals surface area contributed by atoms with E-state index in [1.165, 1.54) is 11.1 Å². The van der Waals surface area contributed by atoms with Crippen LogP contribution in [0.25, 0.3) is 0 Å². The largest absolute Gasteiger partial charge is 0.497 e. The Morgan fingerprint density at radius 2 is 1.89 bits per heavy atom. The summed E-state index contributed by atoms with van der Waals surface area (Å²) in [6, 6.07) is 16.7. The highest BCUT2D eigenvalue weighted by Gasteiger charge is 2.21. The molecule has 0 spiro atoms. The van der Waals surface area contributed by atoms with Gasteiger partial charge in [0.15, 0.2) is 0 Å². The van der Waals surface area contributed by atoms with E-state index in [-0.39, 0.29) is 6.03 Å². The van der Waals surface area contributed by atoms with Crippen molar-refractivity contribution in [3.63, 3.8) is 0 Å². The van der Waals surface area contributed by atoms with Crippen LogP contribution < -0.4 is 10.1 Å². The second-order valence-corrected chi connectivity index (χ2v) is 7.23. The molecule has 1 heterocycles. The van der Waals surface area contributed by atoms with Crippen LogP contribution >= 0.6 is 0 Å². The molecule has 1 unspecified atom stereocenters. The lowest BCUT2D eigenvalue weighted by Gasteiger charge is -2.34. The molecule has 27 heavy (non-hydrogen) atoms. The topological polar surface area (TPSA) is 44.8 Å². The van der Waals surface area contributed by atoms with Crippen LogP contribution in [0.4, 0.5) is 4.79 Å². The predicted octanol–water partition coefficient (Wildman–Crippen LogP) is 3.28. The van der Waals surface area contributed by atoms with Gasteiger partial charge in [-0.1, -0.05) is 36.4 Å². The minimum atomic E-state index is -0.0462. The van der Waals surface area contributed by atoms with Crippen LogP contribution in [0.5, 0.6) is 5.75 Å². The van der Waals surface area contributed by atoms with Gasteiger partial charge < -0.3 is 15.0 Å². The average Bonchev–Trinajstić information content (AvgIpc) is 2.71. The standard InChI is InChI=1S/C22H29N3O2/c1-17(25-13-12-19-6-4-5-7-20(19)16-25)14-23-22(26)24(2)15-18-8-10-21(27-3)11-9-18/h4-11,17H,12-16H2,1-3H3,(H,23,26). The van der Waals surface area contributed by atoms with Gasteiger partial charge >= 0.3 is 6.03 Å². The summed E-state index contributed by atoms with van der Waals surface area (Å²) in [5, 5.41) is 3.07. The number of benzene rings is 2. The summed E-state index contributed by atoms with van der Waals surface area (Å²) >= 11 is 0. The molecule has 1 aliphatic rings. The molecule has 0 saturated carbocycles. The fourth-order valence-electron chi connectivity index (χ4n) is 3.47. The van der Waals surface area contributed by atoms with Crippen LogP contribution in [0.3, 0.4) is 0 Å². The van der Waals surface area contributed by atoms with Gasteiger partial charge in [-0.05, 0) is 42.2 Å². The van der Waals surface area contributed by atoms with E-state index in [9.17, 15) is 4.79 Å². The monoisotopic (exact) mass is 367 g/mol. The van der Waals surface area contributed by atoms with Crippen LogP contribution in [0.1, 0.15) is 23.6 Å². The third kappa shape index (κ3) is 5.01. The minimum absolute atomic E-state index is 0.0462. The Kier molecular flexibility index (Phi) is 6.35. The van der Waals surface area contributed by atoms with E-state index in [0.717, 1.165) is 30.8 Å². The molecule has 5 heteroatoms. The highest BCUT2D eigenvalue weighted by molar-refractivity contribution is 5.73. The van der Waals surface area contributed by atoms with E-state index in [2.05, 4.69) is 41.4 Å². The molecule has 1 aliphatic heterocycles. The third-order valence-electron chi connectivity index (χ3n) is 5.26. The molecule has 2 aromatic carbocycles. The van der Waals surface area contributed by atoms with Crippen molar-refractivity contribution in [1.82, 2.24) is 15.1 Å². The third-order valence-corrected chi connectivity index (χ3v) is 5.26. The summed E-state index contributed by atoms with van der Waals surface area (Å²) in [7, 11) is 3.47. The number of urea groups is 1. The van der Waals surface area contributed by atoms with Crippen molar-refractivity contribution in [2.45, 2.75) is 32.5 Å². The number of methoxy groups -OCH3 is 1. The molecular weight excluding hydrogens is 338 g/mol. The predicted molar refractivity (Wildman–Crippen MR) is 108 cm³/mol. The number of nitrogens with zero attached hydrogens (tertiary/aromatic N) is 2. The van der Waals surface area contributed by atoms with Gasteiger partial charge in [0, 0.05) is 39.3 Å². The molecule has 0 saturated heterocycles.